The number of urea groups is 1. The van der Waals surface area contributed by atoms with Gasteiger partial charge < -0.3 is 15.5 Å². The summed E-state index contributed by atoms with van der Waals surface area (Å²) in [5.74, 6) is -3.15. The molecule has 11 nitrogen and oxygen atoms in total. The Morgan fingerprint density at radius 1 is 1.20 bits per heavy atom. The minimum Gasteiger partial charge on any atom is -0.345 e. The lowest BCUT2D eigenvalue weighted by atomic mass is 9.96. The van der Waals surface area contributed by atoms with Gasteiger partial charge in [0.25, 0.3) is 11.8 Å². The second-order valence-corrected chi connectivity index (χ2v) is 10.5. The van der Waals surface area contributed by atoms with Crippen molar-refractivity contribution in [2.45, 2.75) is 78.6 Å². The van der Waals surface area contributed by atoms with Gasteiger partial charge in [-0.1, -0.05) is 39.8 Å². The Balaban J connectivity index is 0.000000402. The number of rotatable bonds is 6. The largest absolute Gasteiger partial charge is 0.393 e. The Labute approximate surface area is 232 Å². The number of fused-ring (bicyclic) bond motifs is 1. The number of amides is 3. The highest BCUT2D eigenvalue weighted by molar-refractivity contribution is 5.93. The second kappa shape index (κ2) is 12.3. The van der Waals surface area contributed by atoms with Crippen molar-refractivity contribution < 1.29 is 36.2 Å². The van der Waals surface area contributed by atoms with E-state index in [9.17, 15) is 31.5 Å². The van der Waals surface area contributed by atoms with Gasteiger partial charge in [-0.15, -0.1) is 0 Å². The van der Waals surface area contributed by atoms with Gasteiger partial charge in [0.2, 0.25) is 0 Å². The number of nitrogens with one attached hydrogen (secondary N) is 2. The number of hydrogen-bond donors (Lipinski definition) is 2. The topological polar surface area (TPSA) is 131 Å². The Morgan fingerprint density at radius 2 is 1.85 bits per heavy atom. The van der Waals surface area contributed by atoms with Crippen molar-refractivity contribution in [1.82, 2.24) is 40.4 Å². The minimum absolute atomic E-state index is 0.0209. The second-order valence-electron chi connectivity index (χ2n) is 10.5. The van der Waals surface area contributed by atoms with Crippen LogP contribution in [0.15, 0.2) is 23.1 Å². The van der Waals surface area contributed by atoms with E-state index in [1.165, 1.54) is 10.7 Å². The Kier molecular flexibility index (Phi) is 9.54. The molecule has 1 aliphatic heterocycles. The average Bonchev–Trinajstić information content (AvgIpc) is 3.46. The molecule has 2 N–H and O–H groups in total. The summed E-state index contributed by atoms with van der Waals surface area (Å²) in [7, 11) is 0. The first-order chi connectivity index (χ1) is 19.1. The van der Waals surface area contributed by atoms with E-state index >= 15 is 0 Å². The summed E-state index contributed by atoms with van der Waals surface area (Å²) in [6.07, 6.45) is 0.994. The molecule has 1 saturated heterocycles. The molecule has 0 spiro atoms. The zero-order valence-corrected chi connectivity index (χ0v) is 23.3. The molecule has 3 aromatic rings. The van der Waals surface area contributed by atoms with Crippen LogP contribution >= 0.6 is 0 Å². The lowest BCUT2D eigenvalue weighted by Crippen LogP contribution is -2.56. The molecule has 226 valence electrons. The van der Waals surface area contributed by atoms with E-state index in [0.29, 0.717) is 22.6 Å². The fraction of sp³-hybridized carbons (Fsp3) is 0.600. The highest BCUT2D eigenvalue weighted by atomic mass is 19.4. The van der Waals surface area contributed by atoms with E-state index in [0.717, 1.165) is 38.5 Å². The maximum atomic E-state index is 13.6. The van der Waals surface area contributed by atoms with Gasteiger partial charge in [-0.05, 0) is 29.6 Å². The normalized spacial score (nSPS) is 16.7. The Bertz CT molecular complexity index is 1330. The molecule has 0 bridgehead atoms. The summed E-state index contributed by atoms with van der Waals surface area (Å²) in [5, 5.41) is 16.6. The third-order valence-corrected chi connectivity index (χ3v) is 5.98. The van der Waals surface area contributed by atoms with Crippen LogP contribution in [-0.2, 0) is 13.1 Å². The quantitative estimate of drug-likeness (QED) is 0.399. The molecule has 0 aromatic carbocycles. The van der Waals surface area contributed by atoms with Crippen LogP contribution in [0.3, 0.4) is 0 Å². The molecule has 0 radical (unpaired) electrons. The van der Waals surface area contributed by atoms with Crippen LogP contribution in [0.25, 0.3) is 5.65 Å². The smallest absolute Gasteiger partial charge is 0.345 e. The molecule has 5 rings (SSSR count). The van der Waals surface area contributed by atoms with Crippen molar-refractivity contribution in [1.29, 1.82) is 0 Å². The first-order valence-corrected chi connectivity index (χ1v) is 13.0. The van der Waals surface area contributed by atoms with Crippen molar-refractivity contribution in [2.24, 2.45) is 5.41 Å². The van der Waals surface area contributed by atoms with Crippen molar-refractivity contribution in [3.05, 3.63) is 41.1 Å². The van der Waals surface area contributed by atoms with Crippen molar-refractivity contribution in [3.8, 4) is 0 Å². The number of alkyl halides is 5. The maximum Gasteiger partial charge on any atom is 0.393 e. The molecule has 0 atom stereocenters. The minimum atomic E-state index is -4.06. The van der Waals surface area contributed by atoms with Crippen LogP contribution in [0.5, 0.6) is 0 Å². The van der Waals surface area contributed by atoms with Crippen molar-refractivity contribution >= 4 is 17.6 Å². The average molecular weight is 589 g/mol. The molecule has 2 aliphatic rings. The summed E-state index contributed by atoms with van der Waals surface area (Å²) >= 11 is 0. The fourth-order valence-corrected chi connectivity index (χ4v) is 3.44. The number of carbonyl (C=O) groups excluding carboxylic acids is 2. The third-order valence-electron chi connectivity index (χ3n) is 5.98. The van der Waals surface area contributed by atoms with Gasteiger partial charge in [0.05, 0.1) is 43.1 Å². The summed E-state index contributed by atoms with van der Waals surface area (Å²) in [6.45, 7) is 6.23. The zero-order valence-electron chi connectivity index (χ0n) is 23.3. The highest BCUT2D eigenvalue weighted by Gasteiger charge is 2.43. The summed E-state index contributed by atoms with van der Waals surface area (Å²) in [4.78, 5) is 29.7. The first-order valence-electron chi connectivity index (χ1n) is 13.0. The van der Waals surface area contributed by atoms with Gasteiger partial charge in [0, 0.05) is 12.5 Å². The SMILES string of the molecule is CC.CC(C)(C)C(F)(F)F.O=C(NCc1cn2ncc(CN3CC(F)(F)CNC3=O)cc2n1)c1nonc1C1CC1. The van der Waals surface area contributed by atoms with E-state index in [2.05, 4.69) is 31.0 Å². The van der Waals surface area contributed by atoms with E-state index in [-0.39, 0.29) is 24.7 Å². The van der Waals surface area contributed by atoms with Crippen LogP contribution in [0, 0.1) is 5.41 Å². The number of imidazole rings is 1. The molecule has 41 heavy (non-hydrogen) atoms. The molecule has 2 fully saturated rings. The van der Waals surface area contributed by atoms with Crippen LogP contribution in [0.4, 0.5) is 26.7 Å². The van der Waals surface area contributed by atoms with Crippen LogP contribution in [-0.4, -0.2) is 66.9 Å². The molecule has 3 aromatic heterocycles. The van der Waals surface area contributed by atoms with Gasteiger partial charge >= 0.3 is 12.2 Å². The van der Waals surface area contributed by atoms with E-state index in [4.69, 9.17) is 4.63 Å². The zero-order chi connectivity index (χ0) is 30.6. The molecule has 3 amide bonds. The summed E-state index contributed by atoms with van der Waals surface area (Å²) in [6, 6.07) is 1.11. The van der Waals surface area contributed by atoms with E-state index < -0.39 is 42.5 Å². The fourth-order valence-electron chi connectivity index (χ4n) is 3.44. The van der Waals surface area contributed by atoms with Gasteiger partial charge in [0.1, 0.15) is 5.69 Å². The first kappa shape index (κ1) is 31.7. The number of nitrogens with zero attached hydrogens (tertiary/aromatic N) is 6. The van der Waals surface area contributed by atoms with Gasteiger partial charge in [-0.2, -0.15) is 18.3 Å². The molecule has 0 unspecified atom stereocenters. The van der Waals surface area contributed by atoms with Gasteiger partial charge in [-0.3, -0.25) is 4.79 Å². The number of carbonyl (C=O) groups is 2. The van der Waals surface area contributed by atoms with Crippen molar-refractivity contribution in [2.75, 3.05) is 13.1 Å². The molecule has 1 saturated carbocycles. The van der Waals surface area contributed by atoms with Gasteiger partial charge in [-0.25, -0.2) is 27.7 Å². The summed E-state index contributed by atoms with van der Waals surface area (Å²) < 4.78 is 68.0. The van der Waals surface area contributed by atoms with E-state index in [1.807, 2.05) is 13.8 Å². The predicted molar refractivity (Wildman–Crippen MR) is 136 cm³/mol. The molecule has 16 heteroatoms. The third kappa shape index (κ3) is 8.33. The van der Waals surface area contributed by atoms with Crippen LogP contribution in [0.1, 0.15) is 80.8 Å². The van der Waals surface area contributed by atoms with Gasteiger partial charge in [0.15, 0.2) is 11.3 Å². The Hall–Kier alpha value is -3.85. The lowest BCUT2D eigenvalue weighted by Gasteiger charge is -2.32. The highest BCUT2D eigenvalue weighted by Crippen LogP contribution is 2.40. The molecule has 1 aliphatic carbocycles. The maximum absolute atomic E-state index is 13.6. The monoisotopic (exact) mass is 588 g/mol. The van der Waals surface area contributed by atoms with Crippen LogP contribution < -0.4 is 10.6 Å². The molecule has 4 heterocycles. The van der Waals surface area contributed by atoms with Crippen molar-refractivity contribution in [3.63, 3.8) is 0 Å². The van der Waals surface area contributed by atoms with E-state index in [1.54, 1.807) is 12.3 Å². The molecular weight excluding hydrogens is 555 g/mol. The number of halogens is 5. The standard InChI is InChI=1S/C18H18F2N8O3.C5H9F3.C2H6/c19-18(20)8-22-17(30)27(9-18)6-10-3-13-24-12(7-28(13)23-4-10)5-21-16(29)15-14(11-1-2-11)25-31-26-15;1-4(2,3)5(6,7)8;1-2/h3-4,7,11H,1-2,5-6,8-9H2,(H,21,29)(H,22,30);1-3H3;1-2H3. The number of hydrogen-bond acceptors (Lipinski definition) is 7. The Morgan fingerprint density at radius 3 is 2.46 bits per heavy atom. The molecular formula is C25H33F5N8O3. The number of aromatic nitrogens is 5. The van der Waals surface area contributed by atoms with Crippen LogP contribution in [0.2, 0.25) is 0 Å². The summed E-state index contributed by atoms with van der Waals surface area (Å²) in [5.41, 5.74) is 0.767. The lowest BCUT2D eigenvalue weighted by molar-refractivity contribution is -0.204. The predicted octanol–water partition coefficient (Wildman–Crippen LogP) is 4.70.